The number of ketones is 2. The van der Waals surface area contributed by atoms with Crippen molar-refractivity contribution < 1.29 is 34.4 Å². The zero-order chi connectivity index (χ0) is 25.9. The van der Waals surface area contributed by atoms with Gasteiger partial charge in [-0.1, -0.05) is 6.07 Å². The molecule has 192 valence electrons. The number of hydrogen-bond acceptors (Lipinski definition) is 9. The molecule has 4 atom stereocenters. The van der Waals surface area contributed by atoms with Gasteiger partial charge in [0.25, 0.3) is 5.91 Å². The molecule has 1 fully saturated rings. The van der Waals surface area contributed by atoms with Crippen molar-refractivity contribution in [1.82, 2.24) is 9.80 Å². The number of primary amides is 1. The Hall–Kier alpha value is -3.21. The number of amides is 1. The molecule has 10 heteroatoms. The van der Waals surface area contributed by atoms with E-state index in [0.717, 1.165) is 24.2 Å². The van der Waals surface area contributed by atoms with Gasteiger partial charge in [0.1, 0.15) is 22.8 Å². The summed E-state index contributed by atoms with van der Waals surface area (Å²) in [7, 11) is 3.42. The second-order valence-electron chi connectivity index (χ2n) is 10.3. The Morgan fingerprint density at radius 1 is 1.14 bits per heavy atom. The zero-order valence-electron chi connectivity index (χ0n) is 20.4. The molecular formula is C26H31N3O7. The lowest BCUT2D eigenvalue weighted by molar-refractivity contribution is -0.127. The van der Waals surface area contributed by atoms with E-state index >= 15 is 0 Å². The van der Waals surface area contributed by atoms with Gasteiger partial charge in [0.2, 0.25) is 0 Å². The van der Waals surface area contributed by atoms with Gasteiger partial charge in [-0.05, 0) is 56.0 Å². The lowest BCUT2D eigenvalue weighted by Gasteiger charge is -2.46. The topological polar surface area (TPSA) is 154 Å². The maximum absolute atomic E-state index is 13.7. The summed E-state index contributed by atoms with van der Waals surface area (Å²) in [5.41, 5.74) is 6.79. The van der Waals surface area contributed by atoms with Crippen molar-refractivity contribution in [3.8, 4) is 5.75 Å². The van der Waals surface area contributed by atoms with E-state index < -0.39 is 58.4 Å². The van der Waals surface area contributed by atoms with Crippen LogP contribution in [0.1, 0.15) is 27.9 Å². The van der Waals surface area contributed by atoms with Crippen LogP contribution in [0.25, 0.3) is 0 Å². The highest BCUT2D eigenvalue weighted by Crippen LogP contribution is 2.50. The summed E-state index contributed by atoms with van der Waals surface area (Å²) in [4.78, 5) is 42.9. The number of aliphatic hydroxyl groups is 2. The molecule has 0 spiro atoms. The van der Waals surface area contributed by atoms with Gasteiger partial charge in [-0.2, -0.15) is 0 Å². The van der Waals surface area contributed by atoms with Gasteiger partial charge in [0.05, 0.1) is 30.7 Å². The fraction of sp³-hybridized carbons (Fsp3) is 0.500. The van der Waals surface area contributed by atoms with Crippen molar-refractivity contribution >= 4 is 17.5 Å². The van der Waals surface area contributed by atoms with E-state index in [0.29, 0.717) is 32.6 Å². The van der Waals surface area contributed by atoms with Gasteiger partial charge in [0, 0.05) is 25.2 Å². The number of phenolic OH excluding ortho intramolecular Hbond substituents is 1. The number of aliphatic hydroxyl groups excluding tert-OH is 2. The Kier molecular flexibility index (Phi) is 6.14. The quantitative estimate of drug-likeness (QED) is 0.443. The number of hydrogen-bond donors (Lipinski definition) is 4. The van der Waals surface area contributed by atoms with Crippen LogP contribution in [0.5, 0.6) is 5.75 Å². The number of phenols is 1. The predicted molar refractivity (Wildman–Crippen MR) is 128 cm³/mol. The minimum atomic E-state index is -1.17. The van der Waals surface area contributed by atoms with Crippen molar-refractivity contribution in [2.75, 3.05) is 40.4 Å². The fourth-order valence-corrected chi connectivity index (χ4v) is 6.48. The molecule has 0 bridgehead atoms. The number of likely N-dealkylation sites (N-methyl/N-ethyl adjacent to an activating group) is 1. The number of nitrogens with two attached hydrogens (primary N) is 1. The first-order valence-electron chi connectivity index (χ1n) is 12.2. The van der Waals surface area contributed by atoms with Crippen LogP contribution in [0.2, 0.25) is 0 Å². The maximum atomic E-state index is 13.7. The fourth-order valence-electron chi connectivity index (χ4n) is 6.48. The highest BCUT2D eigenvalue weighted by atomic mass is 16.5. The summed E-state index contributed by atoms with van der Waals surface area (Å²) < 4.78 is 5.43. The van der Waals surface area contributed by atoms with Crippen LogP contribution < -0.4 is 5.73 Å². The number of rotatable bonds is 4. The Labute approximate surface area is 208 Å². The lowest BCUT2D eigenvalue weighted by Crippen LogP contribution is -2.53. The molecule has 0 unspecified atom stereocenters. The standard InChI is InChI=1S/C26H31N3O7/c1-28(2)21-15-10-13-9-14-12(11-29-5-7-36-8-6-29)3-4-16(30)18(14)22(31)17(13)23(32)19(15)24(33)20(25(21)34)26(27)35/h3-4,13,15,19,21,30,32,34H,5-11H2,1-2H3,(H2,27,35)/t13-,15+,19-,21-/m0/s1. The molecule has 4 aliphatic rings. The van der Waals surface area contributed by atoms with Crippen LogP contribution in [-0.2, 0) is 27.3 Å². The molecular weight excluding hydrogens is 466 g/mol. The van der Waals surface area contributed by atoms with E-state index in [-0.39, 0.29) is 16.9 Å². The first-order valence-corrected chi connectivity index (χ1v) is 12.2. The molecule has 1 aromatic rings. The smallest absolute Gasteiger partial charge is 0.255 e. The van der Waals surface area contributed by atoms with Gasteiger partial charge in [-0.25, -0.2) is 0 Å². The van der Waals surface area contributed by atoms with Crippen LogP contribution in [0.3, 0.4) is 0 Å². The normalized spacial score (nSPS) is 28.8. The molecule has 1 heterocycles. The summed E-state index contributed by atoms with van der Waals surface area (Å²) in [5, 5.41) is 32.8. The number of nitrogens with zero attached hydrogens (tertiary/aromatic N) is 2. The summed E-state index contributed by atoms with van der Waals surface area (Å²) in [5.74, 6) is -5.47. The molecule has 0 saturated carbocycles. The number of benzene rings is 1. The molecule has 10 nitrogen and oxygen atoms in total. The number of ether oxygens (including phenoxy) is 1. The van der Waals surface area contributed by atoms with Crippen LogP contribution in [-0.4, -0.2) is 89.0 Å². The average Bonchev–Trinajstić information content (AvgIpc) is 2.80. The van der Waals surface area contributed by atoms with Crippen molar-refractivity contribution in [2.24, 2.45) is 23.5 Å². The zero-order valence-corrected chi connectivity index (χ0v) is 20.4. The molecule has 1 amide bonds. The number of Topliss-reactive ketones (excluding diaryl/α,β-unsaturated/α-hetero) is 2. The molecule has 36 heavy (non-hydrogen) atoms. The molecule has 1 aromatic carbocycles. The summed E-state index contributed by atoms with van der Waals surface area (Å²) >= 11 is 0. The summed E-state index contributed by atoms with van der Waals surface area (Å²) in [6, 6.07) is 2.60. The number of fused-ring (bicyclic) bond motifs is 3. The van der Waals surface area contributed by atoms with E-state index in [1.165, 1.54) is 6.07 Å². The lowest BCUT2D eigenvalue weighted by atomic mass is 9.60. The van der Waals surface area contributed by atoms with Gasteiger partial charge < -0.3 is 25.8 Å². The monoisotopic (exact) mass is 497 g/mol. The van der Waals surface area contributed by atoms with Crippen molar-refractivity contribution in [2.45, 2.75) is 25.4 Å². The first-order chi connectivity index (χ1) is 17.1. The van der Waals surface area contributed by atoms with Crippen LogP contribution in [0, 0.1) is 17.8 Å². The summed E-state index contributed by atoms with van der Waals surface area (Å²) in [6.07, 6.45) is 0.742. The third kappa shape index (κ3) is 3.71. The third-order valence-corrected chi connectivity index (χ3v) is 8.04. The van der Waals surface area contributed by atoms with Gasteiger partial charge in [-0.3, -0.25) is 24.2 Å². The largest absolute Gasteiger partial charge is 0.511 e. The molecule has 5 rings (SSSR count). The number of carbonyl (C=O) groups excluding carboxylic acids is 3. The van der Waals surface area contributed by atoms with Gasteiger partial charge in [-0.15, -0.1) is 0 Å². The van der Waals surface area contributed by atoms with Crippen LogP contribution in [0.4, 0.5) is 0 Å². The number of allylic oxidation sites excluding steroid dienone is 2. The predicted octanol–water partition coefficient (Wildman–Crippen LogP) is 0.838. The Morgan fingerprint density at radius 2 is 1.83 bits per heavy atom. The third-order valence-electron chi connectivity index (χ3n) is 8.04. The second-order valence-corrected chi connectivity index (χ2v) is 10.3. The molecule has 5 N–H and O–H groups in total. The SMILES string of the molecule is CN(C)[C@@H]1C(O)=C(C(N)=O)C(=O)[C@@H]2C(O)=C3C(=O)c4c(O)ccc(CN5CCOCC5)c4C[C@H]3C[C@H]21. The summed E-state index contributed by atoms with van der Waals surface area (Å²) in [6.45, 7) is 3.41. The van der Waals surface area contributed by atoms with Crippen molar-refractivity contribution in [1.29, 1.82) is 0 Å². The Bertz CT molecular complexity index is 1210. The molecule has 0 radical (unpaired) electrons. The van der Waals surface area contributed by atoms with Crippen LogP contribution in [0.15, 0.2) is 34.8 Å². The van der Waals surface area contributed by atoms with Crippen molar-refractivity contribution in [3.05, 3.63) is 51.5 Å². The van der Waals surface area contributed by atoms with E-state index in [9.17, 15) is 29.7 Å². The number of morpholine rings is 1. The highest BCUT2D eigenvalue weighted by Gasteiger charge is 2.54. The first kappa shape index (κ1) is 24.5. The Morgan fingerprint density at radius 3 is 2.47 bits per heavy atom. The van der Waals surface area contributed by atoms with E-state index in [1.807, 2.05) is 6.07 Å². The minimum Gasteiger partial charge on any atom is -0.511 e. The van der Waals surface area contributed by atoms with E-state index in [1.54, 1.807) is 19.0 Å². The second kappa shape index (κ2) is 9.02. The number of carbonyl (C=O) groups is 3. The van der Waals surface area contributed by atoms with E-state index in [2.05, 4.69) is 4.90 Å². The molecule has 1 aliphatic heterocycles. The molecule has 0 aromatic heterocycles. The maximum Gasteiger partial charge on any atom is 0.255 e. The average molecular weight is 498 g/mol. The number of aromatic hydroxyl groups is 1. The Balaban J connectivity index is 1.59. The van der Waals surface area contributed by atoms with E-state index in [4.69, 9.17) is 10.5 Å². The molecule has 3 aliphatic carbocycles. The minimum absolute atomic E-state index is 0.0960. The van der Waals surface area contributed by atoms with Crippen molar-refractivity contribution in [3.63, 3.8) is 0 Å². The van der Waals surface area contributed by atoms with Gasteiger partial charge >= 0.3 is 0 Å². The van der Waals surface area contributed by atoms with Gasteiger partial charge in [0.15, 0.2) is 11.6 Å². The highest BCUT2D eigenvalue weighted by molar-refractivity contribution is 6.22. The van der Waals surface area contributed by atoms with Crippen LogP contribution >= 0.6 is 0 Å². The molecule has 1 saturated heterocycles.